The van der Waals surface area contributed by atoms with Crippen molar-refractivity contribution in [2.45, 2.75) is 13.1 Å². The summed E-state index contributed by atoms with van der Waals surface area (Å²) in [7, 11) is 0. The highest BCUT2D eigenvalue weighted by molar-refractivity contribution is 6.34. The second-order valence-electron chi connectivity index (χ2n) is 3.69. The molecule has 0 aliphatic heterocycles. The van der Waals surface area contributed by atoms with E-state index in [-0.39, 0.29) is 16.4 Å². The molecule has 0 aliphatic rings. The third kappa shape index (κ3) is 2.46. The van der Waals surface area contributed by atoms with Crippen molar-refractivity contribution < 1.29 is 13.2 Å². The van der Waals surface area contributed by atoms with Crippen LogP contribution in [0.4, 0.5) is 13.2 Å². The van der Waals surface area contributed by atoms with Gasteiger partial charge in [-0.2, -0.15) is 13.2 Å². The molecular weight excluding hydrogens is 265 g/mol. The van der Waals surface area contributed by atoms with Crippen LogP contribution in [0.5, 0.6) is 0 Å². The van der Waals surface area contributed by atoms with Gasteiger partial charge in [0.15, 0.2) is 5.82 Å². The second kappa shape index (κ2) is 4.57. The molecule has 6 heteroatoms. The van der Waals surface area contributed by atoms with Gasteiger partial charge in [-0.15, -0.1) is 0 Å². The number of halogens is 4. The van der Waals surface area contributed by atoms with Gasteiger partial charge >= 0.3 is 6.18 Å². The van der Waals surface area contributed by atoms with Crippen LogP contribution in [0.15, 0.2) is 30.5 Å². The van der Waals surface area contributed by atoms with Gasteiger partial charge in [0.05, 0.1) is 10.6 Å². The lowest BCUT2D eigenvalue weighted by Gasteiger charge is -2.11. The van der Waals surface area contributed by atoms with E-state index in [2.05, 4.69) is 9.97 Å². The molecule has 0 fully saturated rings. The van der Waals surface area contributed by atoms with E-state index in [1.807, 2.05) is 0 Å². The Kier molecular flexibility index (Phi) is 3.26. The van der Waals surface area contributed by atoms with Crippen molar-refractivity contribution in [1.82, 2.24) is 9.97 Å². The molecule has 1 heterocycles. The Morgan fingerprint density at radius 2 is 1.89 bits per heavy atom. The van der Waals surface area contributed by atoms with Crippen molar-refractivity contribution in [2.24, 2.45) is 0 Å². The minimum atomic E-state index is -4.49. The van der Waals surface area contributed by atoms with Gasteiger partial charge < -0.3 is 0 Å². The highest BCUT2D eigenvalue weighted by Gasteiger charge is 2.34. The van der Waals surface area contributed by atoms with Crippen LogP contribution in [-0.2, 0) is 6.18 Å². The number of benzene rings is 1. The lowest BCUT2D eigenvalue weighted by Crippen LogP contribution is -2.06. The Morgan fingerprint density at radius 3 is 2.50 bits per heavy atom. The average Bonchev–Trinajstić information content (AvgIpc) is 2.27. The van der Waals surface area contributed by atoms with Crippen LogP contribution in [0.25, 0.3) is 11.4 Å². The zero-order chi connectivity index (χ0) is 13.3. The molecule has 0 unspecified atom stereocenters. The van der Waals surface area contributed by atoms with Gasteiger partial charge in [0.25, 0.3) is 0 Å². The third-order valence-electron chi connectivity index (χ3n) is 2.34. The van der Waals surface area contributed by atoms with Crippen molar-refractivity contribution in [2.75, 3.05) is 0 Å². The topological polar surface area (TPSA) is 25.8 Å². The lowest BCUT2D eigenvalue weighted by atomic mass is 10.1. The number of hydrogen-bond donors (Lipinski definition) is 0. The molecule has 0 N–H and O–H groups in total. The molecule has 1 aromatic carbocycles. The molecule has 0 bridgehead atoms. The normalized spacial score (nSPS) is 11.6. The summed E-state index contributed by atoms with van der Waals surface area (Å²) in [6.07, 6.45) is -3.01. The molecule has 2 aromatic rings. The summed E-state index contributed by atoms with van der Waals surface area (Å²) in [5.74, 6) is 0.186. The van der Waals surface area contributed by atoms with Crippen LogP contribution >= 0.6 is 11.6 Å². The molecule has 0 saturated heterocycles. The lowest BCUT2D eigenvalue weighted by molar-refractivity contribution is -0.137. The zero-order valence-corrected chi connectivity index (χ0v) is 10.0. The van der Waals surface area contributed by atoms with E-state index in [1.165, 1.54) is 18.3 Å². The minimum absolute atomic E-state index is 0.176. The fourth-order valence-electron chi connectivity index (χ4n) is 1.50. The fourth-order valence-corrected chi connectivity index (χ4v) is 1.82. The summed E-state index contributed by atoms with van der Waals surface area (Å²) in [4.78, 5) is 8.00. The van der Waals surface area contributed by atoms with Gasteiger partial charge in [-0.1, -0.05) is 17.7 Å². The molecule has 0 atom stereocenters. The Morgan fingerprint density at radius 1 is 1.17 bits per heavy atom. The summed E-state index contributed by atoms with van der Waals surface area (Å²) in [6, 6.07) is 5.34. The van der Waals surface area contributed by atoms with E-state index in [0.717, 1.165) is 6.07 Å². The Hall–Kier alpha value is -1.62. The van der Waals surface area contributed by atoms with E-state index in [0.29, 0.717) is 5.69 Å². The fraction of sp³-hybridized carbons (Fsp3) is 0.167. The first kappa shape index (κ1) is 12.8. The van der Waals surface area contributed by atoms with Gasteiger partial charge in [-0.25, -0.2) is 9.97 Å². The monoisotopic (exact) mass is 272 g/mol. The van der Waals surface area contributed by atoms with Crippen LogP contribution in [0.3, 0.4) is 0 Å². The molecule has 0 aliphatic carbocycles. The maximum Gasteiger partial charge on any atom is 0.417 e. The molecule has 2 nitrogen and oxygen atoms in total. The van der Waals surface area contributed by atoms with Crippen LogP contribution in [0.1, 0.15) is 11.3 Å². The van der Waals surface area contributed by atoms with Crippen molar-refractivity contribution in [3.8, 4) is 11.4 Å². The zero-order valence-electron chi connectivity index (χ0n) is 9.29. The number of hydrogen-bond acceptors (Lipinski definition) is 2. The molecule has 0 saturated carbocycles. The molecule has 2 rings (SSSR count). The van der Waals surface area contributed by atoms with Crippen molar-refractivity contribution in [3.05, 3.63) is 46.7 Å². The van der Waals surface area contributed by atoms with Crippen LogP contribution < -0.4 is 0 Å². The number of alkyl halides is 3. The number of aromatic nitrogens is 2. The summed E-state index contributed by atoms with van der Waals surface area (Å²) >= 11 is 5.78. The van der Waals surface area contributed by atoms with Crippen molar-refractivity contribution in [3.63, 3.8) is 0 Å². The third-order valence-corrected chi connectivity index (χ3v) is 2.75. The molecule has 94 valence electrons. The Labute approximate surface area is 106 Å². The molecule has 1 aromatic heterocycles. The molecule has 18 heavy (non-hydrogen) atoms. The second-order valence-corrected chi connectivity index (χ2v) is 4.06. The maximum absolute atomic E-state index is 12.7. The highest BCUT2D eigenvalue weighted by atomic mass is 35.5. The summed E-state index contributed by atoms with van der Waals surface area (Å²) < 4.78 is 38.1. The van der Waals surface area contributed by atoms with E-state index in [4.69, 9.17) is 11.6 Å². The van der Waals surface area contributed by atoms with E-state index in [9.17, 15) is 13.2 Å². The maximum atomic E-state index is 12.7. The summed E-state index contributed by atoms with van der Waals surface area (Å²) in [6.45, 7) is 1.73. The summed E-state index contributed by atoms with van der Waals surface area (Å²) in [5.41, 5.74) is -0.0459. The van der Waals surface area contributed by atoms with Gasteiger partial charge in [-0.3, -0.25) is 0 Å². The molecule has 0 radical (unpaired) electrons. The molecule has 0 spiro atoms. The average molecular weight is 273 g/mol. The SMILES string of the molecule is Cc1ccnc(-c2cccc(C(F)(F)F)c2Cl)n1. The van der Waals surface area contributed by atoms with Gasteiger partial charge in [0.1, 0.15) is 0 Å². The first-order valence-electron chi connectivity index (χ1n) is 5.05. The minimum Gasteiger partial charge on any atom is -0.237 e. The summed E-state index contributed by atoms with van der Waals surface area (Å²) in [5, 5.41) is -0.379. The Bertz CT molecular complexity index is 582. The van der Waals surface area contributed by atoms with Crippen molar-refractivity contribution >= 4 is 11.6 Å². The predicted octanol–water partition coefficient (Wildman–Crippen LogP) is 4.12. The number of rotatable bonds is 1. The number of nitrogens with zero attached hydrogens (tertiary/aromatic N) is 2. The first-order chi connectivity index (χ1) is 8.39. The van der Waals surface area contributed by atoms with Gasteiger partial charge in [-0.05, 0) is 25.1 Å². The van der Waals surface area contributed by atoms with Crippen molar-refractivity contribution in [1.29, 1.82) is 0 Å². The Balaban J connectivity index is 2.60. The van der Waals surface area contributed by atoms with Gasteiger partial charge in [0.2, 0.25) is 0 Å². The van der Waals surface area contributed by atoms with Crippen LogP contribution in [0, 0.1) is 6.92 Å². The largest absolute Gasteiger partial charge is 0.417 e. The van der Waals surface area contributed by atoms with E-state index >= 15 is 0 Å². The first-order valence-corrected chi connectivity index (χ1v) is 5.43. The molecule has 0 amide bonds. The predicted molar refractivity (Wildman–Crippen MR) is 62.2 cm³/mol. The molecular formula is C12H8ClF3N2. The van der Waals surface area contributed by atoms with Gasteiger partial charge in [0, 0.05) is 17.5 Å². The van der Waals surface area contributed by atoms with E-state index < -0.39 is 11.7 Å². The number of aryl methyl sites for hydroxylation is 1. The highest BCUT2D eigenvalue weighted by Crippen LogP contribution is 2.38. The standard InChI is InChI=1S/C12H8ClF3N2/c1-7-5-6-17-11(18-7)8-3-2-4-9(10(8)13)12(14,15)16/h2-6H,1H3. The van der Waals surface area contributed by atoms with E-state index in [1.54, 1.807) is 13.0 Å². The van der Waals surface area contributed by atoms with Crippen LogP contribution in [0.2, 0.25) is 5.02 Å². The quantitative estimate of drug-likeness (QED) is 0.780. The smallest absolute Gasteiger partial charge is 0.237 e. The van der Waals surface area contributed by atoms with Crippen LogP contribution in [-0.4, -0.2) is 9.97 Å².